The first-order valence-corrected chi connectivity index (χ1v) is 3.71. The van der Waals surface area contributed by atoms with Crippen molar-refractivity contribution in [2.24, 2.45) is 0 Å². The molecular formula is C5H10OS. The normalized spacial score (nSPS) is 31.3. The van der Waals surface area contributed by atoms with Crippen molar-refractivity contribution < 1.29 is 4.74 Å². The fraction of sp³-hybridized carbons (Fsp3) is 1.00. The summed E-state index contributed by atoms with van der Waals surface area (Å²) in [7, 11) is 0. The SMILES string of the molecule is CCC1OCCS1. The van der Waals surface area contributed by atoms with E-state index in [9.17, 15) is 0 Å². The van der Waals surface area contributed by atoms with Crippen LogP contribution in [0.4, 0.5) is 0 Å². The van der Waals surface area contributed by atoms with Gasteiger partial charge in [-0.1, -0.05) is 6.92 Å². The fourth-order valence-corrected chi connectivity index (χ4v) is 1.53. The third-order valence-corrected chi connectivity index (χ3v) is 2.27. The van der Waals surface area contributed by atoms with Gasteiger partial charge in [-0.25, -0.2) is 0 Å². The van der Waals surface area contributed by atoms with E-state index < -0.39 is 0 Å². The first kappa shape index (κ1) is 5.45. The molecule has 42 valence electrons. The molecular weight excluding hydrogens is 108 g/mol. The van der Waals surface area contributed by atoms with E-state index >= 15 is 0 Å². The Kier molecular flexibility index (Phi) is 2.00. The van der Waals surface area contributed by atoms with Crippen molar-refractivity contribution in [3.05, 3.63) is 0 Å². The Labute approximate surface area is 48.4 Å². The van der Waals surface area contributed by atoms with Gasteiger partial charge in [0.2, 0.25) is 0 Å². The standard InChI is InChI=1S/C5H10OS/c1-2-5-6-3-4-7-5/h5H,2-4H2,1H3. The van der Waals surface area contributed by atoms with E-state index in [1.54, 1.807) is 0 Å². The molecule has 1 heterocycles. The van der Waals surface area contributed by atoms with E-state index in [4.69, 9.17) is 4.74 Å². The van der Waals surface area contributed by atoms with Crippen molar-refractivity contribution in [2.45, 2.75) is 18.8 Å². The fourth-order valence-electron chi connectivity index (χ4n) is 0.643. The minimum Gasteiger partial charge on any atom is -0.367 e. The molecule has 0 aromatic heterocycles. The van der Waals surface area contributed by atoms with Gasteiger partial charge in [0.25, 0.3) is 0 Å². The Morgan fingerprint density at radius 2 is 2.71 bits per heavy atom. The second kappa shape index (κ2) is 2.58. The molecule has 1 saturated heterocycles. The summed E-state index contributed by atoms with van der Waals surface area (Å²) in [6.45, 7) is 3.12. The first-order chi connectivity index (χ1) is 3.43. The van der Waals surface area contributed by atoms with Gasteiger partial charge in [-0.15, -0.1) is 11.8 Å². The van der Waals surface area contributed by atoms with Crippen molar-refractivity contribution in [3.8, 4) is 0 Å². The Morgan fingerprint density at radius 3 is 3.00 bits per heavy atom. The zero-order valence-corrected chi connectivity index (χ0v) is 5.33. The molecule has 1 unspecified atom stereocenters. The maximum Gasteiger partial charge on any atom is 0.103 e. The van der Waals surface area contributed by atoms with Crippen LogP contribution in [0.2, 0.25) is 0 Å². The van der Waals surface area contributed by atoms with Crippen LogP contribution in [-0.2, 0) is 4.74 Å². The molecule has 2 heteroatoms. The number of hydrogen-bond acceptors (Lipinski definition) is 2. The molecule has 7 heavy (non-hydrogen) atoms. The van der Waals surface area contributed by atoms with Crippen LogP contribution in [-0.4, -0.2) is 17.8 Å². The van der Waals surface area contributed by atoms with Gasteiger partial charge >= 0.3 is 0 Å². The molecule has 0 N–H and O–H groups in total. The summed E-state index contributed by atoms with van der Waals surface area (Å²) in [4.78, 5) is 0. The van der Waals surface area contributed by atoms with Crippen molar-refractivity contribution in [1.29, 1.82) is 0 Å². The number of hydrogen-bond donors (Lipinski definition) is 0. The lowest BCUT2D eigenvalue weighted by molar-refractivity contribution is 0.141. The van der Waals surface area contributed by atoms with Gasteiger partial charge in [0.05, 0.1) is 6.61 Å². The molecule has 0 saturated carbocycles. The third-order valence-electron chi connectivity index (χ3n) is 1.02. The Bertz CT molecular complexity index is 50.0. The molecule has 1 aliphatic heterocycles. The summed E-state index contributed by atoms with van der Waals surface area (Å²) in [6, 6.07) is 0. The van der Waals surface area contributed by atoms with Gasteiger partial charge in [0.15, 0.2) is 0 Å². The highest BCUT2D eigenvalue weighted by atomic mass is 32.2. The van der Waals surface area contributed by atoms with Crippen molar-refractivity contribution in [1.82, 2.24) is 0 Å². The van der Waals surface area contributed by atoms with E-state index in [0.29, 0.717) is 5.44 Å². The minimum atomic E-state index is 0.514. The molecule has 0 aromatic rings. The van der Waals surface area contributed by atoms with Crippen LogP contribution >= 0.6 is 11.8 Å². The Morgan fingerprint density at radius 1 is 1.86 bits per heavy atom. The Balaban J connectivity index is 2.14. The molecule has 1 atom stereocenters. The number of ether oxygens (including phenoxy) is 1. The third kappa shape index (κ3) is 1.35. The molecule has 0 radical (unpaired) electrons. The maximum absolute atomic E-state index is 5.27. The maximum atomic E-state index is 5.27. The van der Waals surface area contributed by atoms with Crippen LogP contribution in [0.3, 0.4) is 0 Å². The smallest absolute Gasteiger partial charge is 0.103 e. The van der Waals surface area contributed by atoms with Gasteiger partial charge in [0.1, 0.15) is 5.44 Å². The summed E-state index contributed by atoms with van der Waals surface area (Å²) >= 11 is 1.92. The van der Waals surface area contributed by atoms with E-state index in [0.717, 1.165) is 13.0 Å². The quantitative estimate of drug-likeness (QED) is 0.516. The molecule has 1 rings (SSSR count). The van der Waals surface area contributed by atoms with Gasteiger partial charge in [-0.3, -0.25) is 0 Å². The molecule has 0 amide bonds. The zero-order valence-electron chi connectivity index (χ0n) is 4.52. The highest BCUT2D eigenvalue weighted by Crippen LogP contribution is 2.21. The molecule has 1 fully saturated rings. The summed E-state index contributed by atoms with van der Waals surface area (Å²) in [5, 5.41) is 0. The van der Waals surface area contributed by atoms with E-state index in [2.05, 4.69) is 6.92 Å². The molecule has 0 aliphatic carbocycles. The number of thioether (sulfide) groups is 1. The number of rotatable bonds is 1. The predicted molar refractivity (Wildman–Crippen MR) is 32.5 cm³/mol. The average molecular weight is 118 g/mol. The molecule has 0 spiro atoms. The van der Waals surface area contributed by atoms with Gasteiger partial charge in [0, 0.05) is 5.75 Å². The van der Waals surface area contributed by atoms with Crippen LogP contribution in [0.5, 0.6) is 0 Å². The molecule has 0 bridgehead atoms. The van der Waals surface area contributed by atoms with Gasteiger partial charge in [-0.05, 0) is 6.42 Å². The van der Waals surface area contributed by atoms with E-state index in [1.807, 2.05) is 11.8 Å². The highest BCUT2D eigenvalue weighted by Gasteiger charge is 2.11. The molecule has 0 aromatic carbocycles. The second-order valence-corrected chi connectivity index (χ2v) is 2.85. The van der Waals surface area contributed by atoms with Crippen LogP contribution in [0, 0.1) is 0 Å². The molecule has 1 aliphatic rings. The average Bonchev–Trinajstić information content (AvgIpc) is 2.14. The summed E-state index contributed by atoms with van der Waals surface area (Å²) in [5.74, 6) is 1.19. The van der Waals surface area contributed by atoms with E-state index in [1.165, 1.54) is 5.75 Å². The first-order valence-electron chi connectivity index (χ1n) is 2.66. The summed E-state index contributed by atoms with van der Waals surface area (Å²) in [6.07, 6.45) is 1.16. The van der Waals surface area contributed by atoms with Gasteiger partial charge in [-0.2, -0.15) is 0 Å². The second-order valence-electron chi connectivity index (χ2n) is 1.58. The largest absolute Gasteiger partial charge is 0.367 e. The summed E-state index contributed by atoms with van der Waals surface area (Å²) in [5.41, 5.74) is 0.514. The molecule has 1 nitrogen and oxygen atoms in total. The lowest BCUT2D eigenvalue weighted by Gasteiger charge is -2.00. The summed E-state index contributed by atoms with van der Waals surface area (Å²) < 4.78 is 5.27. The lowest BCUT2D eigenvalue weighted by Crippen LogP contribution is -1.96. The van der Waals surface area contributed by atoms with Crippen LogP contribution in [0.1, 0.15) is 13.3 Å². The monoisotopic (exact) mass is 118 g/mol. The van der Waals surface area contributed by atoms with Crippen molar-refractivity contribution >= 4 is 11.8 Å². The lowest BCUT2D eigenvalue weighted by atomic mass is 10.5. The van der Waals surface area contributed by atoms with Gasteiger partial charge < -0.3 is 4.74 Å². The predicted octanol–water partition coefficient (Wildman–Crippen LogP) is 1.49. The van der Waals surface area contributed by atoms with Crippen LogP contribution < -0.4 is 0 Å². The Hall–Kier alpha value is 0.310. The van der Waals surface area contributed by atoms with E-state index in [-0.39, 0.29) is 0 Å². The van der Waals surface area contributed by atoms with Crippen LogP contribution in [0.15, 0.2) is 0 Å². The topological polar surface area (TPSA) is 9.23 Å². The van der Waals surface area contributed by atoms with Crippen molar-refractivity contribution in [3.63, 3.8) is 0 Å². The van der Waals surface area contributed by atoms with Crippen LogP contribution in [0.25, 0.3) is 0 Å². The minimum absolute atomic E-state index is 0.514. The van der Waals surface area contributed by atoms with Crippen molar-refractivity contribution in [2.75, 3.05) is 12.4 Å². The zero-order chi connectivity index (χ0) is 5.11. The highest BCUT2D eigenvalue weighted by molar-refractivity contribution is 7.99.